The second-order valence-electron chi connectivity index (χ2n) is 7.86. The van der Waals surface area contributed by atoms with E-state index in [4.69, 9.17) is 27.9 Å². The first-order chi connectivity index (χ1) is 14.1. The molecule has 4 nitrogen and oxygen atoms in total. The normalized spacial score (nSPS) is 17.0. The van der Waals surface area contributed by atoms with Crippen molar-refractivity contribution in [3.63, 3.8) is 0 Å². The summed E-state index contributed by atoms with van der Waals surface area (Å²) < 4.78 is 5.92. The Morgan fingerprint density at radius 2 is 1.93 bits per heavy atom. The van der Waals surface area contributed by atoms with Gasteiger partial charge in [-0.2, -0.15) is 0 Å². The molecule has 0 aliphatic carbocycles. The van der Waals surface area contributed by atoms with Crippen LogP contribution in [0.1, 0.15) is 37.7 Å². The highest BCUT2D eigenvalue weighted by atomic mass is 35.5. The van der Waals surface area contributed by atoms with Gasteiger partial charge < -0.3 is 15.0 Å². The van der Waals surface area contributed by atoms with Crippen molar-refractivity contribution < 1.29 is 9.53 Å². The van der Waals surface area contributed by atoms with E-state index in [1.165, 1.54) is 12.0 Å². The first-order valence-corrected chi connectivity index (χ1v) is 11.1. The molecular formula is C23H26Cl2N2O2. The molecule has 2 aliphatic rings. The number of amides is 1. The lowest BCUT2D eigenvalue weighted by Gasteiger charge is -2.34. The van der Waals surface area contributed by atoms with Crippen LogP contribution in [0.4, 0.5) is 11.4 Å². The molecule has 2 aromatic carbocycles. The lowest BCUT2D eigenvalue weighted by Crippen LogP contribution is -2.33. The van der Waals surface area contributed by atoms with Gasteiger partial charge in [0.2, 0.25) is 5.91 Å². The van der Waals surface area contributed by atoms with Gasteiger partial charge >= 0.3 is 0 Å². The molecule has 2 heterocycles. The predicted octanol–water partition coefficient (Wildman–Crippen LogP) is 5.95. The number of carbonyl (C=O) groups is 1. The van der Waals surface area contributed by atoms with Crippen LogP contribution in [0.3, 0.4) is 0 Å². The van der Waals surface area contributed by atoms with Gasteiger partial charge in [0, 0.05) is 31.3 Å². The monoisotopic (exact) mass is 432 g/mol. The lowest BCUT2D eigenvalue weighted by molar-refractivity contribution is -0.116. The molecule has 1 amide bonds. The Bertz CT molecular complexity index is 879. The summed E-state index contributed by atoms with van der Waals surface area (Å²) in [6, 6.07) is 11.8. The number of hydrogen-bond donors (Lipinski definition) is 1. The minimum atomic E-state index is 0.0834. The molecule has 0 bridgehead atoms. The summed E-state index contributed by atoms with van der Waals surface area (Å²) in [7, 11) is 0. The fraction of sp³-hybridized carbons (Fsp3) is 0.435. The molecule has 0 saturated carbocycles. The summed E-state index contributed by atoms with van der Waals surface area (Å²) in [5, 5.41) is 4.20. The molecule has 29 heavy (non-hydrogen) atoms. The van der Waals surface area contributed by atoms with E-state index in [9.17, 15) is 4.79 Å². The molecule has 1 fully saturated rings. The van der Waals surface area contributed by atoms with Crippen LogP contribution in [-0.2, 0) is 11.2 Å². The molecule has 0 aromatic heterocycles. The fourth-order valence-corrected chi connectivity index (χ4v) is 4.62. The smallest absolute Gasteiger partial charge is 0.224 e. The van der Waals surface area contributed by atoms with Gasteiger partial charge in [-0.15, -0.1) is 0 Å². The number of halogens is 2. The van der Waals surface area contributed by atoms with Gasteiger partial charge in [0.25, 0.3) is 0 Å². The molecule has 0 spiro atoms. The van der Waals surface area contributed by atoms with E-state index in [-0.39, 0.29) is 5.91 Å². The van der Waals surface area contributed by atoms with Crippen molar-refractivity contribution in [2.75, 3.05) is 29.9 Å². The second-order valence-corrected chi connectivity index (χ2v) is 8.65. The van der Waals surface area contributed by atoms with Gasteiger partial charge in [-0.05, 0) is 61.8 Å². The van der Waals surface area contributed by atoms with Gasteiger partial charge in [-0.25, -0.2) is 0 Å². The number of fused-ring (bicyclic) bond motifs is 1. The Morgan fingerprint density at radius 3 is 2.76 bits per heavy atom. The molecular weight excluding hydrogens is 407 g/mol. The molecule has 2 aliphatic heterocycles. The predicted molar refractivity (Wildman–Crippen MR) is 120 cm³/mol. The third kappa shape index (κ3) is 4.99. The summed E-state index contributed by atoms with van der Waals surface area (Å²) in [6.45, 7) is 2.72. The number of piperidine rings is 1. The number of nitrogens with zero attached hydrogens (tertiary/aromatic N) is 1. The SMILES string of the molecule is O=C1CCc2ccc(OCCCC3CCN(c4cccc(Cl)c4Cl)CC3)cc2N1. The Labute approximate surface area is 182 Å². The number of ether oxygens (including phenoxy) is 1. The van der Waals surface area contributed by atoms with Crippen LogP contribution < -0.4 is 15.0 Å². The maximum atomic E-state index is 11.6. The molecule has 6 heteroatoms. The maximum Gasteiger partial charge on any atom is 0.224 e. The van der Waals surface area contributed by atoms with Gasteiger partial charge in [0.1, 0.15) is 5.75 Å². The van der Waals surface area contributed by atoms with Crippen LogP contribution in [0.15, 0.2) is 36.4 Å². The highest BCUT2D eigenvalue weighted by Crippen LogP contribution is 2.35. The fourth-order valence-electron chi connectivity index (χ4n) is 4.20. The highest BCUT2D eigenvalue weighted by Gasteiger charge is 2.21. The van der Waals surface area contributed by atoms with Crippen molar-refractivity contribution in [1.29, 1.82) is 0 Å². The van der Waals surface area contributed by atoms with Crippen LogP contribution in [0.5, 0.6) is 5.75 Å². The van der Waals surface area contributed by atoms with E-state index in [1.807, 2.05) is 30.3 Å². The van der Waals surface area contributed by atoms with E-state index in [1.54, 1.807) is 0 Å². The van der Waals surface area contributed by atoms with E-state index >= 15 is 0 Å². The molecule has 1 saturated heterocycles. The minimum absolute atomic E-state index is 0.0834. The number of benzene rings is 2. The summed E-state index contributed by atoms with van der Waals surface area (Å²) in [4.78, 5) is 13.9. The first kappa shape index (κ1) is 20.4. The number of hydrogen-bond acceptors (Lipinski definition) is 3. The first-order valence-electron chi connectivity index (χ1n) is 10.3. The molecule has 2 aromatic rings. The molecule has 0 radical (unpaired) electrons. The Balaban J connectivity index is 1.20. The third-order valence-corrected chi connectivity index (χ3v) is 6.70. The quantitative estimate of drug-likeness (QED) is 0.572. The van der Waals surface area contributed by atoms with Crippen molar-refractivity contribution in [1.82, 2.24) is 0 Å². The van der Waals surface area contributed by atoms with Crippen LogP contribution >= 0.6 is 23.2 Å². The largest absolute Gasteiger partial charge is 0.494 e. The van der Waals surface area contributed by atoms with Crippen molar-refractivity contribution >= 4 is 40.5 Å². The number of nitrogens with one attached hydrogen (secondary N) is 1. The van der Waals surface area contributed by atoms with Crippen molar-refractivity contribution in [3.8, 4) is 5.75 Å². The molecule has 0 atom stereocenters. The lowest BCUT2D eigenvalue weighted by atomic mass is 9.92. The van der Waals surface area contributed by atoms with E-state index in [0.29, 0.717) is 23.1 Å². The average Bonchev–Trinajstić information content (AvgIpc) is 2.73. The number of anilines is 2. The molecule has 1 N–H and O–H groups in total. The maximum absolute atomic E-state index is 11.6. The Kier molecular flexibility index (Phi) is 6.51. The van der Waals surface area contributed by atoms with Gasteiger partial charge in [0.15, 0.2) is 0 Å². The third-order valence-electron chi connectivity index (χ3n) is 5.89. The number of aryl methyl sites for hydroxylation is 1. The zero-order valence-electron chi connectivity index (χ0n) is 16.4. The topological polar surface area (TPSA) is 41.6 Å². The minimum Gasteiger partial charge on any atom is -0.494 e. The zero-order chi connectivity index (χ0) is 20.2. The van der Waals surface area contributed by atoms with E-state index < -0.39 is 0 Å². The van der Waals surface area contributed by atoms with Crippen molar-refractivity contribution in [2.45, 2.75) is 38.5 Å². The zero-order valence-corrected chi connectivity index (χ0v) is 17.9. The standard InChI is InChI=1S/C23H26Cl2N2O2/c24-19-4-1-5-21(23(19)25)27-12-10-16(11-13-27)3-2-14-29-18-8-6-17-7-9-22(28)26-20(17)15-18/h1,4-6,8,15-16H,2-3,7,9-14H2,(H,26,28). The second kappa shape index (κ2) is 9.27. The Hall–Kier alpha value is -1.91. The van der Waals surface area contributed by atoms with Crippen LogP contribution in [-0.4, -0.2) is 25.6 Å². The molecule has 0 unspecified atom stereocenters. The van der Waals surface area contributed by atoms with Crippen LogP contribution in [0.2, 0.25) is 10.0 Å². The summed E-state index contributed by atoms with van der Waals surface area (Å²) >= 11 is 12.5. The summed E-state index contributed by atoms with van der Waals surface area (Å²) in [6.07, 6.45) is 5.89. The van der Waals surface area contributed by atoms with Crippen molar-refractivity contribution in [2.24, 2.45) is 5.92 Å². The van der Waals surface area contributed by atoms with Gasteiger partial charge in [-0.3, -0.25) is 4.79 Å². The molecule has 154 valence electrons. The number of carbonyl (C=O) groups excluding carboxylic acids is 1. The van der Waals surface area contributed by atoms with Gasteiger partial charge in [-0.1, -0.05) is 35.3 Å². The molecule has 4 rings (SSSR count). The van der Waals surface area contributed by atoms with E-state index in [0.717, 1.165) is 61.8 Å². The van der Waals surface area contributed by atoms with Gasteiger partial charge in [0.05, 0.1) is 22.3 Å². The van der Waals surface area contributed by atoms with Crippen LogP contribution in [0.25, 0.3) is 0 Å². The van der Waals surface area contributed by atoms with E-state index in [2.05, 4.69) is 16.3 Å². The highest BCUT2D eigenvalue weighted by molar-refractivity contribution is 6.43. The average molecular weight is 433 g/mol. The van der Waals surface area contributed by atoms with Crippen molar-refractivity contribution in [3.05, 3.63) is 52.0 Å². The summed E-state index contributed by atoms with van der Waals surface area (Å²) in [5.41, 5.74) is 3.12. The summed E-state index contributed by atoms with van der Waals surface area (Å²) in [5.74, 6) is 1.63. The van der Waals surface area contributed by atoms with Crippen LogP contribution in [0, 0.1) is 5.92 Å². The Morgan fingerprint density at radius 1 is 1.10 bits per heavy atom. The number of rotatable bonds is 6.